The van der Waals surface area contributed by atoms with Crippen LogP contribution in [0.1, 0.15) is 50.3 Å². The molecule has 0 radical (unpaired) electrons. The van der Waals surface area contributed by atoms with E-state index in [1.54, 1.807) is 42.6 Å². The maximum Gasteiger partial charge on any atom is 0.238 e. The van der Waals surface area contributed by atoms with Gasteiger partial charge in [-0.3, -0.25) is 19.5 Å². The molecule has 2 aliphatic rings. The Morgan fingerprint density at radius 2 is 1.86 bits per heavy atom. The standard InChI is InChI=1S/C34H35ClN2O5/c1-2-8-23-18-26-32(34(42)37(33(26)41)24-9-4-3-5-10-24)27(20-38)31(23)30(40)15-13-22(29-11-6-7-16-36-29)17-21-12-14-25(39)19-28(21)35/h3-7,9-12,14,16-17,19,26-27,30,32,38-40H,2,8,13,15,18,20H2,1H3/b22-17-/t26-,27+,30-,32-/m1/s1. The van der Waals surface area contributed by atoms with Crippen LogP contribution in [0.3, 0.4) is 0 Å². The second-order valence-electron chi connectivity index (χ2n) is 10.9. The zero-order valence-electron chi connectivity index (χ0n) is 23.5. The number of aromatic hydroxyl groups is 1. The summed E-state index contributed by atoms with van der Waals surface area (Å²) >= 11 is 6.40. The van der Waals surface area contributed by atoms with Gasteiger partial charge in [-0.2, -0.15) is 0 Å². The lowest BCUT2D eigenvalue weighted by atomic mass is 9.67. The fraction of sp³-hybridized carbons (Fsp3) is 0.324. The van der Waals surface area contributed by atoms with E-state index in [0.29, 0.717) is 47.5 Å². The van der Waals surface area contributed by atoms with Crippen molar-refractivity contribution in [2.45, 2.75) is 45.1 Å². The van der Waals surface area contributed by atoms with Gasteiger partial charge in [0.25, 0.3) is 0 Å². The minimum Gasteiger partial charge on any atom is -0.508 e. The van der Waals surface area contributed by atoms with Crippen molar-refractivity contribution in [3.05, 3.63) is 100 Å². The number of carbonyl (C=O) groups is 2. The number of anilines is 1. The molecule has 7 nitrogen and oxygen atoms in total. The van der Waals surface area contributed by atoms with Gasteiger partial charge in [0.05, 0.1) is 41.0 Å². The number of halogens is 1. The molecule has 42 heavy (non-hydrogen) atoms. The summed E-state index contributed by atoms with van der Waals surface area (Å²) in [5, 5.41) is 32.5. The topological polar surface area (TPSA) is 111 Å². The van der Waals surface area contributed by atoms with E-state index in [-0.39, 0.29) is 24.2 Å². The molecule has 8 heteroatoms. The molecule has 5 rings (SSSR count). The summed E-state index contributed by atoms with van der Waals surface area (Å²) in [6, 6.07) is 19.2. The van der Waals surface area contributed by atoms with Crippen LogP contribution in [0, 0.1) is 17.8 Å². The molecule has 0 spiro atoms. The second kappa shape index (κ2) is 13.0. The number of phenolic OH excluding ortho intramolecular Hbond substituents is 1. The molecule has 1 aliphatic carbocycles. The highest BCUT2D eigenvalue weighted by atomic mass is 35.5. The van der Waals surface area contributed by atoms with E-state index in [4.69, 9.17) is 11.6 Å². The van der Waals surface area contributed by atoms with E-state index >= 15 is 0 Å². The maximum atomic E-state index is 13.7. The Kier molecular flexibility index (Phi) is 9.21. The average molecular weight is 587 g/mol. The summed E-state index contributed by atoms with van der Waals surface area (Å²) in [5.41, 5.74) is 4.44. The summed E-state index contributed by atoms with van der Waals surface area (Å²) in [5.74, 6) is -2.45. The van der Waals surface area contributed by atoms with Crippen molar-refractivity contribution in [1.82, 2.24) is 4.98 Å². The number of aliphatic hydroxyl groups is 2. The Bertz CT molecular complexity index is 1500. The molecule has 3 N–H and O–H groups in total. The van der Waals surface area contributed by atoms with Crippen molar-refractivity contribution in [3.8, 4) is 5.75 Å². The SMILES string of the molecule is CCCC1=C([C@H](O)CC/C(=C/c2ccc(O)cc2Cl)c2ccccn2)[C@H](CO)[C@@H]2C(=O)N(c3ccccc3)C(=O)[C@@H]2C1. The summed E-state index contributed by atoms with van der Waals surface area (Å²) in [4.78, 5) is 33.0. The Morgan fingerprint density at radius 1 is 1.10 bits per heavy atom. The quantitative estimate of drug-likeness (QED) is 0.197. The Labute approximate surface area is 250 Å². The van der Waals surface area contributed by atoms with Crippen molar-refractivity contribution in [1.29, 1.82) is 0 Å². The highest BCUT2D eigenvalue weighted by Crippen LogP contribution is 2.48. The number of aliphatic hydroxyl groups excluding tert-OH is 2. The fourth-order valence-corrected chi connectivity index (χ4v) is 6.65. The van der Waals surface area contributed by atoms with E-state index < -0.39 is 23.9 Å². The minimum atomic E-state index is -0.930. The number of rotatable bonds is 10. The molecular formula is C34H35ClN2O5. The third kappa shape index (κ3) is 5.91. The predicted molar refractivity (Wildman–Crippen MR) is 164 cm³/mol. The molecule has 1 fully saturated rings. The lowest BCUT2D eigenvalue weighted by molar-refractivity contribution is -0.123. The molecule has 0 bridgehead atoms. The summed E-state index contributed by atoms with van der Waals surface area (Å²) in [7, 11) is 0. The first-order chi connectivity index (χ1) is 20.3. The number of nitrogens with zero attached hydrogens (tertiary/aromatic N) is 2. The number of allylic oxidation sites excluding steroid dienone is 2. The molecule has 1 saturated heterocycles. The Morgan fingerprint density at radius 3 is 2.52 bits per heavy atom. The van der Waals surface area contributed by atoms with Gasteiger partial charge in [0.1, 0.15) is 5.75 Å². The number of aromatic nitrogens is 1. The summed E-state index contributed by atoms with van der Waals surface area (Å²) < 4.78 is 0. The molecule has 2 amide bonds. The number of benzene rings is 2. The number of amides is 2. The monoisotopic (exact) mass is 586 g/mol. The van der Waals surface area contributed by atoms with Gasteiger partial charge in [-0.15, -0.1) is 0 Å². The average Bonchev–Trinajstić information content (AvgIpc) is 3.25. The highest BCUT2D eigenvalue weighted by Gasteiger charge is 2.55. The summed E-state index contributed by atoms with van der Waals surface area (Å²) in [6.45, 7) is 1.70. The van der Waals surface area contributed by atoms with Crippen LogP contribution in [0.25, 0.3) is 11.6 Å². The highest BCUT2D eigenvalue weighted by molar-refractivity contribution is 6.32. The van der Waals surface area contributed by atoms with Gasteiger partial charge < -0.3 is 15.3 Å². The Balaban J connectivity index is 1.45. The van der Waals surface area contributed by atoms with E-state index in [1.165, 1.54) is 11.0 Å². The van der Waals surface area contributed by atoms with Crippen molar-refractivity contribution in [2.75, 3.05) is 11.5 Å². The van der Waals surface area contributed by atoms with Crippen LogP contribution >= 0.6 is 11.6 Å². The van der Waals surface area contributed by atoms with Crippen molar-refractivity contribution in [2.24, 2.45) is 17.8 Å². The van der Waals surface area contributed by atoms with Gasteiger partial charge in [-0.05, 0) is 90.9 Å². The van der Waals surface area contributed by atoms with E-state index in [0.717, 1.165) is 23.3 Å². The first-order valence-electron chi connectivity index (χ1n) is 14.4. The number of carbonyl (C=O) groups excluding carboxylic acids is 2. The smallest absolute Gasteiger partial charge is 0.238 e. The molecule has 1 aliphatic heterocycles. The number of para-hydroxylation sites is 1. The number of imide groups is 1. The molecule has 218 valence electrons. The van der Waals surface area contributed by atoms with E-state index in [2.05, 4.69) is 4.98 Å². The maximum absolute atomic E-state index is 13.7. The third-order valence-corrected chi connectivity index (χ3v) is 8.63. The molecule has 2 aromatic carbocycles. The van der Waals surface area contributed by atoms with Crippen molar-refractivity contribution >= 4 is 40.8 Å². The molecule has 0 unspecified atom stereocenters. The molecule has 1 aromatic heterocycles. The minimum absolute atomic E-state index is 0.0683. The third-order valence-electron chi connectivity index (χ3n) is 8.30. The summed E-state index contributed by atoms with van der Waals surface area (Å²) in [6.07, 6.45) is 5.30. The lowest BCUT2D eigenvalue weighted by Crippen LogP contribution is -2.39. The number of hydrogen-bond acceptors (Lipinski definition) is 6. The van der Waals surface area contributed by atoms with Crippen LogP contribution in [0.5, 0.6) is 5.75 Å². The van der Waals surface area contributed by atoms with Crippen LogP contribution in [0.4, 0.5) is 5.69 Å². The van der Waals surface area contributed by atoms with Gasteiger partial charge in [-0.1, -0.05) is 54.8 Å². The van der Waals surface area contributed by atoms with Crippen LogP contribution in [-0.4, -0.2) is 44.8 Å². The second-order valence-corrected chi connectivity index (χ2v) is 11.3. The Hall–Kier alpha value is -3.78. The van der Waals surface area contributed by atoms with Crippen LogP contribution in [0.2, 0.25) is 5.02 Å². The lowest BCUT2D eigenvalue weighted by Gasteiger charge is -2.36. The fourth-order valence-electron chi connectivity index (χ4n) is 6.42. The van der Waals surface area contributed by atoms with Gasteiger partial charge >= 0.3 is 0 Å². The molecular weight excluding hydrogens is 552 g/mol. The van der Waals surface area contributed by atoms with Gasteiger partial charge in [0, 0.05) is 12.1 Å². The van der Waals surface area contributed by atoms with Crippen molar-refractivity contribution in [3.63, 3.8) is 0 Å². The first-order valence-corrected chi connectivity index (χ1v) is 14.8. The molecule has 2 heterocycles. The van der Waals surface area contributed by atoms with E-state index in [1.807, 2.05) is 37.3 Å². The van der Waals surface area contributed by atoms with Gasteiger partial charge in [0.2, 0.25) is 11.8 Å². The zero-order chi connectivity index (χ0) is 29.8. The van der Waals surface area contributed by atoms with Crippen LogP contribution in [0.15, 0.2) is 84.1 Å². The van der Waals surface area contributed by atoms with Crippen LogP contribution < -0.4 is 4.90 Å². The largest absolute Gasteiger partial charge is 0.508 e. The first kappa shape index (κ1) is 29.7. The van der Waals surface area contributed by atoms with E-state index in [9.17, 15) is 24.9 Å². The normalized spacial score (nSPS) is 21.6. The number of hydrogen-bond donors (Lipinski definition) is 3. The number of phenols is 1. The van der Waals surface area contributed by atoms with Gasteiger partial charge in [-0.25, -0.2) is 0 Å². The zero-order valence-corrected chi connectivity index (χ0v) is 24.2. The predicted octanol–water partition coefficient (Wildman–Crippen LogP) is 6.04. The molecule has 4 atom stereocenters. The van der Waals surface area contributed by atoms with Crippen molar-refractivity contribution < 1.29 is 24.9 Å². The van der Waals surface area contributed by atoms with Gasteiger partial charge in [0.15, 0.2) is 0 Å². The number of fused-ring (bicyclic) bond motifs is 1. The number of pyridine rings is 1. The molecule has 3 aromatic rings. The molecule has 0 saturated carbocycles. The van der Waals surface area contributed by atoms with Crippen LogP contribution in [-0.2, 0) is 9.59 Å².